The summed E-state index contributed by atoms with van der Waals surface area (Å²) in [7, 11) is 0. The molecule has 0 amide bonds. The quantitative estimate of drug-likeness (QED) is 0.305. The van der Waals surface area contributed by atoms with Crippen molar-refractivity contribution in [2.75, 3.05) is 0 Å². The van der Waals surface area contributed by atoms with Crippen LogP contribution in [0.15, 0.2) is 0 Å². The molecule has 4 nitrogen and oxygen atoms in total. The van der Waals surface area contributed by atoms with E-state index in [-0.39, 0.29) is 5.97 Å². The van der Waals surface area contributed by atoms with Gasteiger partial charge in [-0.25, -0.2) is 4.89 Å². The van der Waals surface area contributed by atoms with Crippen LogP contribution in [0.5, 0.6) is 0 Å². The molecule has 0 N–H and O–H groups in total. The molecule has 0 aliphatic rings. The van der Waals surface area contributed by atoms with Crippen molar-refractivity contribution in [1.29, 1.82) is 0 Å². The average Bonchev–Trinajstić information content (AvgIpc) is 2.10. The number of carbonyl (C=O) groups excluding carboxylic acids is 1. The first kappa shape index (κ1) is 15.4. The first-order valence-electron chi connectivity index (χ1n) is 5.75. The SMILES string of the molecule is CCCCC(=O)OC(C)(C)OOC(C)(C)C. The largest absolute Gasteiger partial charge is 0.431 e. The third-order valence-electron chi connectivity index (χ3n) is 1.59. The van der Waals surface area contributed by atoms with Gasteiger partial charge in [0.25, 0.3) is 0 Å². The Labute approximate surface area is 98.2 Å². The second-order valence-corrected chi connectivity index (χ2v) is 5.26. The van der Waals surface area contributed by atoms with Crippen LogP contribution in [0.2, 0.25) is 0 Å². The van der Waals surface area contributed by atoms with Crippen molar-refractivity contribution < 1.29 is 19.3 Å². The zero-order valence-corrected chi connectivity index (χ0v) is 11.3. The van der Waals surface area contributed by atoms with Gasteiger partial charge in [0.2, 0.25) is 5.79 Å². The molecule has 0 bridgehead atoms. The van der Waals surface area contributed by atoms with Crippen molar-refractivity contribution in [3.63, 3.8) is 0 Å². The van der Waals surface area contributed by atoms with Gasteiger partial charge in [-0.2, -0.15) is 4.89 Å². The lowest BCUT2D eigenvalue weighted by Gasteiger charge is -2.28. The lowest BCUT2D eigenvalue weighted by Crippen LogP contribution is -2.35. The predicted molar refractivity (Wildman–Crippen MR) is 61.6 cm³/mol. The molecule has 0 saturated heterocycles. The molecule has 0 aliphatic carbocycles. The Balaban J connectivity index is 3.99. The fourth-order valence-corrected chi connectivity index (χ4v) is 0.889. The van der Waals surface area contributed by atoms with Crippen LogP contribution in [0.4, 0.5) is 0 Å². The Bertz CT molecular complexity index is 216. The summed E-state index contributed by atoms with van der Waals surface area (Å²) in [5.74, 6) is -1.30. The third-order valence-corrected chi connectivity index (χ3v) is 1.59. The van der Waals surface area contributed by atoms with Gasteiger partial charge in [-0.1, -0.05) is 13.3 Å². The summed E-state index contributed by atoms with van der Waals surface area (Å²) in [4.78, 5) is 21.6. The van der Waals surface area contributed by atoms with Gasteiger partial charge in [0.1, 0.15) is 0 Å². The van der Waals surface area contributed by atoms with E-state index >= 15 is 0 Å². The number of ether oxygens (including phenoxy) is 1. The van der Waals surface area contributed by atoms with E-state index in [9.17, 15) is 4.79 Å². The van der Waals surface area contributed by atoms with Gasteiger partial charge in [0.15, 0.2) is 0 Å². The molecule has 0 aliphatic heterocycles. The number of hydrogen-bond donors (Lipinski definition) is 0. The number of esters is 1. The lowest BCUT2D eigenvalue weighted by atomic mass is 10.2. The molecule has 0 heterocycles. The standard InChI is InChI=1S/C12H24O4/c1-7-8-9-10(13)14-12(5,6)16-15-11(2,3)4/h7-9H2,1-6H3. The van der Waals surface area contributed by atoms with Crippen LogP contribution in [0.25, 0.3) is 0 Å². The van der Waals surface area contributed by atoms with E-state index in [1.165, 1.54) is 0 Å². The first-order chi connectivity index (χ1) is 7.16. The summed E-state index contributed by atoms with van der Waals surface area (Å²) in [6.45, 7) is 10.9. The van der Waals surface area contributed by atoms with Crippen LogP contribution < -0.4 is 0 Å². The van der Waals surface area contributed by atoms with E-state index in [1.54, 1.807) is 13.8 Å². The Kier molecular flexibility index (Phi) is 5.97. The summed E-state index contributed by atoms with van der Waals surface area (Å²) in [5, 5.41) is 0. The number of hydrogen-bond acceptors (Lipinski definition) is 4. The highest BCUT2D eigenvalue weighted by Crippen LogP contribution is 2.18. The van der Waals surface area contributed by atoms with Crippen molar-refractivity contribution >= 4 is 5.97 Å². The highest BCUT2D eigenvalue weighted by Gasteiger charge is 2.27. The minimum Gasteiger partial charge on any atom is -0.431 e. The molecule has 4 heteroatoms. The van der Waals surface area contributed by atoms with E-state index < -0.39 is 11.4 Å². The van der Waals surface area contributed by atoms with Gasteiger partial charge in [-0.05, 0) is 27.2 Å². The van der Waals surface area contributed by atoms with Gasteiger partial charge in [-0.15, -0.1) is 0 Å². The first-order valence-corrected chi connectivity index (χ1v) is 5.75. The molecule has 0 saturated carbocycles. The van der Waals surface area contributed by atoms with Crippen LogP contribution in [-0.2, 0) is 19.3 Å². The van der Waals surface area contributed by atoms with Gasteiger partial charge in [0, 0.05) is 20.3 Å². The van der Waals surface area contributed by atoms with Crippen molar-refractivity contribution in [3.05, 3.63) is 0 Å². The summed E-state index contributed by atoms with van der Waals surface area (Å²) in [5.41, 5.74) is -0.424. The normalized spacial score (nSPS) is 12.6. The predicted octanol–water partition coefficient (Wildman–Crippen LogP) is 3.20. The lowest BCUT2D eigenvalue weighted by molar-refractivity contribution is -0.441. The Morgan fingerprint density at radius 1 is 1.06 bits per heavy atom. The monoisotopic (exact) mass is 232 g/mol. The highest BCUT2D eigenvalue weighted by atomic mass is 17.2. The van der Waals surface area contributed by atoms with Crippen LogP contribution in [0, 0.1) is 0 Å². The van der Waals surface area contributed by atoms with Gasteiger partial charge in [0.05, 0.1) is 5.60 Å². The van der Waals surface area contributed by atoms with Gasteiger partial charge in [-0.3, -0.25) is 4.79 Å². The molecule has 0 spiro atoms. The topological polar surface area (TPSA) is 44.8 Å². The molecule has 0 aromatic rings. The second-order valence-electron chi connectivity index (χ2n) is 5.26. The molecule has 0 rings (SSSR count). The van der Waals surface area contributed by atoms with Gasteiger partial charge >= 0.3 is 5.97 Å². The molecule has 16 heavy (non-hydrogen) atoms. The maximum absolute atomic E-state index is 11.4. The summed E-state index contributed by atoms with van der Waals surface area (Å²) < 4.78 is 5.15. The van der Waals surface area contributed by atoms with Crippen molar-refractivity contribution in [2.24, 2.45) is 0 Å². The van der Waals surface area contributed by atoms with Crippen molar-refractivity contribution in [3.8, 4) is 0 Å². The number of rotatable bonds is 6. The highest BCUT2D eigenvalue weighted by molar-refractivity contribution is 5.69. The van der Waals surface area contributed by atoms with E-state index in [0.29, 0.717) is 6.42 Å². The molecule has 0 atom stereocenters. The molecular formula is C12H24O4. The number of unbranched alkanes of at least 4 members (excludes halogenated alkanes) is 1. The summed E-state index contributed by atoms with van der Waals surface area (Å²) in [6, 6.07) is 0. The molecule has 0 fully saturated rings. The van der Waals surface area contributed by atoms with E-state index in [2.05, 4.69) is 0 Å². The Hall–Kier alpha value is -0.610. The van der Waals surface area contributed by atoms with E-state index in [0.717, 1.165) is 12.8 Å². The minimum absolute atomic E-state index is 0.260. The van der Waals surface area contributed by atoms with E-state index in [1.807, 2.05) is 27.7 Å². The van der Waals surface area contributed by atoms with E-state index in [4.69, 9.17) is 14.5 Å². The molecule has 96 valence electrons. The maximum atomic E-state index is 11.4. The molecule has 0 aromatic heterocycles. The van der Waals surface area contributed by atoms with Crippen LogP contribution in [-0.4, -0.2) is 17.4 Å². The molecular weight excluding hydrogens is 208 g/mol. The van der Waals surface area contributed by atoms with Crippen LogP contribution in [0.1, 0.15) is 60.8 Å². The van der Waals surface area contributed by atoms with Gasteiger partial charge < -0.3 is 4.74 Å². The smallest absolute Gasteiger partial charge is 0.308 e. The summed E-state index contributed by atoms with van der Waals surface area (Å²) in [6.07, 6.45) is 2.21. The minimum atomic E-state index is -1.04. The molecule has 0 aromatic carbocycles. The fraction of sp³-hybridized carbons (Fsp3) is 0.917. The van der Waals surface area contributed by atoms with Crippen LogP contribution in [0.3, 0.4) is 0 Å². The van der Waals surface area contributed by atoms with Crippen molar-refractivity contribution in [2.45, 2.75) is 72.2 Å². The third kappa shape index (κ3) is 8.68. The molecule has 0 radical (unpaired) electrons. The Morgan fingerprint density at radius 2 is 1.62 bits per heavy atom. The summed E-state index contributed by atoms with van der Waals surface area (Å²) >= 11 is 0. The number of carbonyl (C=O) groups is 1. The zero-order chi connectivity index (χ0) is 12.8. The Morgan fingerprint density at radius 3 is 2.06 bits per heavy atom. The molecule has 0 unspecified atom stereocenters. The van der Waals surface area contributed by atoms with Crippen LogP contribution >= 0.6 is 0 Å². The van der Waals surface area contributed by atoms with Crippen molar-refractivity contribution in [1.82, 2.24) is 0 Å². The maximum Gasteiger partial charge on any atom is 0.308 e. The zero-order valence-electron chi connectivity index (χ0n) is 11.3. The second kappa shape index (κ2) is 6.21. The average molecular weight is 232 g/mol. The fourth-order valence-electron chi connectivity index (χ4n) is 0.889.